The van der Waals surface area contributed by atoms with E-state index in [-0.39, 0.29) is 12.0 Å². The third-order valence-corrected chi connectivity index (χ3v) is 2.04. The van der Waals surface area contributed by atoms with Gasteiger partial charge in [0.15, 0.2) is 0 Å². The Kier molecular flexibility index (Phi) is 4.60. The van der Waals surface area contributed by atoms with Crippen molar-refractivity contribution in [1.82, 2.24) is 0 Å². The van der Waals surface area contributed by atoms with Crippen molar-refractivity contribution in [3.8, 4) is 0 Å². The van der Waals surface area contributed by atoms with E-state index in [1.54, 1.807) is 6.08 Å². The smallest absolute Gasteiger partial charge is 0.129 e. The van der Waals surface area contributed by atoms with Crippen LogP contribution >= 0.6 is 11.6 Å². The molecule has 0 amide bonds. The average Bonchev–Trinajstić information content (AvgIpc) is 2.16. The summed E-state index contributed by atoms with van der Waals surface area (Å²) in [5.74, 6) is -0.475. The van der Waals surface area contributed by atoms with E-state index >= 15 is 0 Å². The molecule has 0 atom stereocenters. The summed E-state index contributed by atoms with van der Waals surface area (Å²) in [4.78, 5) is 0. The molecule has 1 aromatic carbocycles. The Bertz CT molecular complexity index is 301. The van der Waals surface area contributed by atoms with Gasteiger partial charge in [0.2, 0.25) is 0 Å². The van der Waals surface area contributed by atoms with E-state index in [4.69, 9.17) is 11.6 Å². The second-order valence-electron chi connectivity index (χ2n) is 2.85. The van der Waals surface area contributed by atoms with E-state index in [0.717, 1.165) is 6.42 Å². The summed E-state index contributed by atoms with van der Waals surface area (Å²) >= 11 is 5.45. The van der Waals surface area contributed by atoms with Crippen molar-refractivity contribution in [3.05, 3.63) is 47.5 Å². The van der Waals surface area contributed by atoms with Gasteiger partial charge >= 0.3 is 0 Å². The molecule has 0 radical (unpaired) electrons. The molecule has 0 nitrogen and oxygen atoms in total. The zero-order chi connectivity index (χ0) is 10.4. The number of alkyl halides is 1. The summed E-state index contributed by atoms with van der Waals surface area (Å²) < 4.78 is 26.1. The maximum Gasteiger partial charge on any atom is 0.129 e. The Morgan fingerprint density at radius 2 is 1.79 bits per heavy atom. The Balaban J connectivity index is 2.66. The van der Waals surface area contributed by atoms with E-state index in [9.17, 15) is 8.78 Å². The van der Waals surface area contributed by atoms with Crippen molar-refractivity contribution in [1.29, 1.82) is 0 Å². The number of allylic oxidation sites excluding steroid dienone is 2. The summed E-state index contributed by atoms with van der Waals surface area (Å²) in [6.07, 6.45) is 4.54. The van der Waals surface area contributed by atoms with Crippen LogP contribution in [0.1, 0.15) is 12.0 Å². The predicted octanol–water partition coefficient (Wildman–Crippen LogP) is 3.69. The predicted molar refractivity (Wildman–Crippen MR) is 54.5 cm³/mol. The van der Waals surface area contributed by atoms with Crippen molar-refractivity contribution in [3.63, 3.8) is 0 Å². The molecule has 0 spiro atoms. The van der Waals surface area contributed by atoms with Gasteiger partial charge in [0.1, 0.15) is 11.6 Å². The molecule has 76 valence electrons. The van der Waals surface area contributed by atoms with E-state index in [0.29, 0.717) is 5.88 Å². The molecule has 0 aliphatic rings. The molecular formula is C11H11ClF2. The SMILES string of the molecule is Fc1cccc(F)c1C/C=C/CCCl. The maximum atomic E-state index is 13.1. The van der Waals surface area contributed by atoms with Crippen molar-refractivity contribution >= 4 is 11.6 Å². The normalized spacial score (nSPS) is 11.1. The van der Waals surface area contributed by atoms with Crippen LogP contribution in [0.4, 0.5) is 8.78 Å². The largest absolute Gasteiger partial charge is 0.207 e. The zero-order valence-corrected chi connectivity index (χ0v) is 8.40. The lowest BCUT2D eigenvalue weighted by molar-refractivity contribution is 0.562. The van der Waals surface area contributed by atoms with E-state index < -0.39 is 11.6 Å². The van der Waals surface area contributed by atoms with Gasteiger partial charge in [-0.1, -0.05) is 18.2 Å². The monoisotopic (exact) mass is 216 g/mol. The Labute approximate surface area is 87.2 Å². The number of rotatable bonds is 4. The van der Waals surface area contributed by atoms with Crippen LogP contribution in [0, 0.1) is 11.6 Å². The summed E-state index contributed by atoms with van der Waals surface area (Å²) in [5.41, 5.74) is 0.110. The lowest BCUT2D eigenvalue weighted by Crippen LogP contribution is -1.92. The Hall–Kier alpha value is -0.890. The molecule has 14 heavy (non-hydrogen) atoms. The quantitative estimate of drug-likeness (QED) is 0.532. The topological polar surface area (TPSA) is 0 Å². The summed E-state index contributed by atoms with van der Waals surface area (Å²) in [5, 5.41) is 0. The fourth-order valence-electron chi connectivity index (χ4n) is 1.11. The highest BCUT2D eigenvalue weighted by molar-refractivity contribution is 6.17. The lowest BCUT2D eigenvalue weighted by atomic mass is 10.1. The highest BCUT2D eigenvalue weighted by Crippen LogP contribution is 2.12. The molecule has 0 saturated heterocycles. The van der Waals surface area contributed by atoms with Crippen LogP contribution in [0.3, 0.4) is 0 Å². The molecule has 1 aromatic rings. The number of hydrogen-bond acceptors (Lipinski definition) is 0. The molecule has 0 aromatic heterocycles. The van der Waals surface area contributed by atoms with Gasteiger partial charge in [-0.25, -0.2) is 8.78 Å². The molecule has 0 heterocycles. The zero-order valence-electron chi connectivity index (χ0n) is 7.64. The van der Waals surface area contributed by atoms with Crippen LogP contribution in [-0.2, 0) is 6.42 Å². The first-order chi connectivity index (χ1) is 6.75. The molecule has 0 aliphatic heterocycles. The molecule has 0 N–H and O–H groups in total. The van der Waals surface area contributed by atoms with Gasteiger partial charge in [0.05, 0.1) is 0 Å². The summed E-state index contributed by atoms with van der Waals surface area (Å²) in [6.45, 7) is 0. The summed E-state index contributed by atoms with van der Waals surface area (Å²) in [6, 6.07) is 3.87. The van der Waals surface area contributed by atoms with Crippen molar-refractivity contribution in [2.45, 2.75) is 12.8 Å². The first kappa shape index (κ1) is 11.2. The van der Waals surface area contributed by atoms with Gasteiger partial charge in [-0.3, -0.25) is 0 Å². The van der Waals surface area contributed by atoms with Gasteiger partial charge in [-0.05, 0) is 25.0 Å². The second-order valence-corrected chi connectivity index (χ2v) is 3.23. The van der Waals surface area contributed by atoms with Crippen molar-refractivity contribution in [2.24, 2.45) is 0 Å². The molecule has 3 heteroatoms. The number of hydrogen-bond donors (Lipinski definition) is 0. The van der Waals surface area contributed by atoms with E-state index in [1.807, 2.05) is 6.08 Å². The molecule has 0 saturated carbocycles. The molecular weight excluding hydrogens is 206 g/mol. The van der Waals surface area contributed by atoms with Gasteiger partial charge in [-0.2, -0.15) is 0 Å². The fraction of sp³-hybridized carbons (Fsp3) is 0.273. The lowest BCUT2D eigenvalue weighted by Gasteiger charge is -2.00. The van der Waals surface area contributed by atoms with Crippen molar-refractivity contribution < 1.29 is 8.78 Å². The minimum absolute atomic E-state index is 0.110. The van der Waals surface area contributed by atoms with Crippen LogP contribution in [0.25, 0.3) is 0 Å². The van der Waals surface area contributed by atoms with Crippen LogP contribution in [-0.4, -0.2) is 5.88 Å². The summed E-state index contributed by atoms with van der Waals surface area (Å²) in [7, 11) is 0. The minimum Gasteiger partial charge on any atom is -0.207 e. The van der Waals surface area contributed by atoms with Gasteiger partial charge in [0.25, 0.3) is 0 Å². The molecule has 0 unspecified atom stereocenters. The third-order valence-electron chi connectivity index (χ3n) is 1.83. The molecule has 0 bridgehead atoms. The van der Waals surface area contributed by atoms with Gasteiger partial charge < -0.3 is 0 Å². The number of halogens is 3. The standard InChI is InChI=1S/C11H11ClF2/c12-8-3-1-2-5-9-10(13)6-4-7-11(9)14/h1-2,4,6-7H,3,5,8H2/b2-1+. The Morgan fingerprint density at radius 3 is 2.36 bits per heavy atom. The van der Waals surface area contributed by atoms with Crippen LogP contribution in [0.5, 0.6) is 0 Å². The highest BCUT2D eigenvalue weighted by Gasteiger charge is 2.05. The number of benzene rings is 1. The van der Waals surface area contributed by atoms with E-state index in [2.05, 4.69) is 0 Å². The maximum absolute atomic E-state index is 13.1. The van der Waals surface area contributed by atoms with Crippen LogP contribution < -0.4 is 0 Å². The molecule has 0 fully saturated rings. The first-order valence-electron chi connectivity index (χ1n) is 4.39. The fourth-order valence-corrected chi connectivity index (χ4v) is 1.24. The molecule has 1 rings (SSSR count). The van der Waals surface area contributed by atoms with Gasteiger partial charge in [-0.15, -0.1) is 11.6 Å². The molecule has 0 aliphatic carbocycles. The van der Waals surface area contributed by atoms with Crippen LogP contribution in [0.15, 0.2) is 30.4 Å². The van der Waals surface area contributed by atoms with Crippen LogP contribution in [0.2, 0.25) is 0 Å². The average molecular weight is 217 g/mol. The third kappa shape index (κ3) is 3.11. The minimum atomic E-state index is -0.500. The second kappa shape index (κ2) is 5.76. The van der Waals surface area contributed by atoms with Gasteiger partial charge in [0, 0.05) is 11.4 Å². The van der Waals surface area contributed by atoms with E-state index in [1.165, 1.54) is 18.2 Å². The van der Waals surface area contributed by atoms with Crippen molar-refractivity contribution in [2.75, 3.05) is 5.88 Å². The highest BCUT2D eigenvalue weighted by atomic mass is 35.5. The Morgan fingerprint density at radius 1 is 1.14 bits per heavy atom. The first-order valence-corrected chi connectivity index (χ1v) is 4.93.